The van der Waals surface area contributed by atoms with Crippen LogP contribution >= 0.6 is 22.9 Å². The Balaban J connectivity index is 2.07. The van der Waals surface area contributed by atoms with Crippen molar-refractivity contribution in [3.05, 3.63) is 45.9 Å². The number of benzene rings is 1. The fourth-order valence-electron chi connectivity index (χ4n) is 1.43. The highest BCUT2D eigenvalue weighted by Crippen LogP contribution is 2.18. The molecule has 1 N–H and O–H groups in total. The third kappa shape index (κ3) is 3.55. The molecule has 20 heavy (non-hydrogen) atoms. The largest absolute Gasteiger partial charge is 0.461 e. The first-order chi connectivity index (χ1) is 9.60. The van der Waals surface area contributed by atoms with Gasteiger partial charge in [-0.15, -0.1) is 11.3 Å². The lowest BCUT2D eigenvalue weighted by molar-refractivity contribution is 0.0520. The summed E-state index contributed by atoms with van der Waals surface area (Å²) in [4.78, 5) is 27.4. The van der Waals surface area contributed by atoms with Crippen molar-refractivity contribution in [2.75, 3.05) is 11.9 Å². The van der Waals surface area contributed by atoms with Crippen LogP contribution in [0, 0.1) is 0 Å². The van der Waals surface area contributed by atoms with Crippen LogP contribution in [0.15, 0.2) is 29.6 Å². The number of halogens is 1. The highest BCUT2D eigenvalue weighted by Gasteiger charge is 2.14. The van der Waals surface area contributed by atoms with E-state index in [1.165, 1.54) is 5.38 Å². The molecule has 0 unspecified atom stereocenters. The molecule has 0 aliphatic carbocycles. The molecule has 2 aromatic rings. The second-order valence-electron chi connectivity index (χ2n) is 3.72. The third-order valence-electron chi connectivity index (χ3n) is 2.30. The van der Waals surface area contributed by atoms with Crippen molar-refractivity contribution in [3.8, 4) is 0 Å². The quantitative estimate of drug-likeness (QED) is 0.880. The number of nitrogens with zero attached hydrogens (tertiary/aromatic N) is 1. The Morgan fingerprint density at radius 1 is 1.45 bits per heavy atom. The number of rotatable bonds is 4. The predicted molar refractivity (Wildman–Crippen MR) is 77.5 cm³/mol. The van der Waals surface area contributed by atoms with E-state index in [1.807, 2.05) is 0 Å². The zero-order valence-electron chi connectivity index (χ0n) is 10.6. The number of carbonyl (C=O) groups is 2. The number of amides is 1. The van der Waals surface area contributed by atoms with E-state index in [0.29, 0.717) is 15.7 Å². The molecule has 1 aromatic carbocycles. The summed E-state index contributed by atoms with van der Waals surface area (Å²) in [6.45, 7) is 1.99. The van der Waals surface area contributed by atoms with E-state index in [1.54, 1.807) is 31.2 Å². The number of esters is 1. The third-order valence-corrected chi connectivity index (χ3v) is 3.29. The monoisotopic (exact) mass is 310 g/mol. The maximum Gasteiger partial charge on any atom is 0.357 e. The van der Waals surface area contributed by atoms with E-state index >= 15 is 0 Å². The SMILES string of the molecule is CCOC(=O)c1csc(NC(=O)c2cccc(Cl)c2)n1. The number of hydrogen-bond acceptors (Lipinski definition) is 5. The molecule has 0 fully saturated rings. The predicted octanol–water partition coefficient (Wildman–Crippen LogP) is 3.23. The first-order valence-electron chi connectivity index (χ1n) is 5.79. The summed E-state index contributed by atoms with van der Waals surface area (Å²) in [5.74, 6) is -0.843. The Morgan fingerprint density at radius 3 is 2.95 bits per heavy atom. The van der Waals surface area contributed by atoms with Crippen LogP contribution in [-0.4, -0.2) is 23.5 Å². The lowest BCUT2D eigenvalue weighted by Gasteiger charge is -2.01. The lowest BCUT2D eigenvalue weighted by atomic mass is 10.2. The van der Waals surface area contributed by atoms with Gasteiger partial charge in [0.25, 0.3) is 5.91 Å². The normalized spacial score (nSPS) is 10.1. The van der Waals surface area contributed by atoms with Gasteiger partial charge < -0.3 is 4.74 Å². The van der Waals surface area contributed by atoms with Crippen LogP contribution in [0.4, 0.5) is 5.13 Å². The van der Waals surface area contributed by atoms with Crippen LogP contribution in [0.25, 0.3) is 0 Å². The Kier molecular flexibility index (Phi) is 4.70. The molecule has 1 amide bonds. The van der Waals surface area contributed by atoms with Gasteiger partial charge in [0.1, 0.15) is 0 Å². The van der Waals surface area contributed by atoms with Gasteiger partial charge in [-0.1, -0.05) is 17.7 Å². The number of nitrogens with one attached hydrogen (secondary N) is 1. The Morgan fingerprint density at radius 2 is 2.25 bits per heavy atom. The van der Waals surface area contributed by atoms with Gasteiger partial charge in [0.05, 0.1) is 6.61 Å². The molecule has 0 bridgehead atoms. The van der Waals surface area contributed by atoms with Gasteiger partial charge in [-0.25, -0.2) is 9.78 Å². The van der Waals surface area contributed by atoms with Gasteiger partial charge in [0.15, 0.2) is 10.8 Å². The van der Waals surface area contributed by atoms with Crippen LogP contribution in [0.1, 0.15) is 27.8 Å². The van der Waals surface area contributed by atoms with Crippen molar-refractivity contribution < 1.29 is 14.3 Å². The minimum atomic E-state index is -0.507. The second-order valence-corrected chi connectivity index (χ2v) is 5.02. The molecule has 1 heterocycles. The van der Waals surface area contributed by atoms with Gasteiger partial charge in [-0.05, 0) is 25.1 Å². The van der Waals surface area contributed by atoms with Gasteiger partial charge >= 0.3 is 5.97 Å². The molecule has 2 rings (SSSR count). The smallest absolute Gasteiger partial charge is 0.357 e. The molecule has 0 aliphatic heterocycles. The molecule has 0 atom stereocenters. The maximum absolute atomic E-state index is 12.0. The number of thiazole rings is 1. The Bertz CT molecular complexity index is 642. The minimum Gasteiger partial charge on any atom is -0.461 e. The average Bonchev–Trinajstić information content (AvgIpc) is 2.87. The Hall–Kier alpha value is -1.92. The van der Waals surface area contributed by atoms with Crippen molar-refractivity contribution in [2.24, 2.45) is 0 Å². The van der Waals surface area contributed by atoms with Crippen molar-refractivity contribution in [1.82, 2.24) is 4.98 Å². The molecule has 0 spiro atoms. The molecular weight excluding hydrogens is 300 g/mol. The number of aromatic nitrogens is 1. The standard InChI is InChI=1S/C13H11ClN2O3S/c1-2-19-12(18)10-7-20-13(15-10)16-11(17)8-4-3-5-9(14)6-8/h3-7H,2H2,1H3,(H,15,16,17). The molecule has 0 radical (unpaired) electrons. The molecule has 5 nitrogen and oxygen atoms in total. The van der Waals surface area contributed by atoms with E-state index in [9.17, 15) is 9.59 Å². The van der Waals surface area contributed by atoms with E-state index in [4.69, 9.17) is 16.3 Å². The average molecular weight is 311 g/mol. The summed E-state index contributed by atoms with van der Waals surface area (Å²) in [5.41, 5.74) is 0.601. The first-order valence-corrected chi connectivity index (χ1v) is 7.05. The summed E-state index contributed by atoms with van der Waals surface area (Å²) in [6.07, 6.45) is 0. The van der Waals surface area contributed by atoms with E-state index in [-0.39, 0.29) is 18.2 Å². The number of carbonyl (C=O) groups excluding carboxylic acids is 2. The zero-order valence-corrected chi connectivity index (χ0v) is 12.1. The summed E-state index contributed by atoms with van der Waals surface area (Å²) in [5, 5.41) is 4.95. The van der Waals surface area contributed by atoms with E-state index in [0.717, 1.165) is 11.3 Å². The molecule has 0 saturated carbocycles. The summed E-state index contributed by atoms with van der Waals surface area (Å²) in [7, 11) is 0. The van der Waals surface area contributed by atoms with Gasteiger partial charge in [-0.2, -0.15) is 0 Å². The van der Waals surface area contributed by atoms with Gasteiger partial charge in [0, 0.05) is 16.0 Å². The zero-order chi connectivity index (χ0) is 14.5. The highest BCUT2D eigenvalue weighted by molar-refractivity contribution is 7.14. The minimum absolute atomic E-state index is 0.179. The van der Waals surface area contributed by atoms with Crippen LogP contribution in [0.2, 0.25) is 5.02 Å². The van der Waals surface area contributed by atoms with Gasteiger partial charge in [-0.3, -0.25) is 10.1 Å². The first kappa shape index (κ1) is 14.5. The topological polar surface area (TPSA) is 68.3 Å². The molecular formula is C13H11ClN2O3S. The number of hydrogen-bond donors (Lipinski definition) is 1. The Labute approximate surface area is 124 Å². The van der Waals surface area contributed by atoms with Crippen LogP contribution in [0.5, 0.6) is 0 Å². The summed E-state index contributed by atoms with van der Waals surface area (Å²) in [6, 6.07) is 6.56. The van der Waals surface area contributed by atoms with Gasteiger partial charge in [0.2, 0.25) is 0 Å². The molecule has 0 aliphatic rings. The van der Waals surface area contributed by atoms with Crippen molar-refractivity contribution >= 4 is 39.9 Å². The summed E-state index contributed by atoms with van der Waals surface area (Å²) < 4.78 is 4.82. The van der Waals surface area contributed by atoms with Crippen molar-refractivity contribution in [3.63, 3.8) is 0 Å². The lowest BCUT2D eigenvalue weighted by Crippen LogP contribution is -2.12. The molecule has 104 valence electrons. The number of anilines is 1. The van der Waals surface area contributed by atoms with E-state index < -0.39 is 5.97 Å². The number of ether oxygens (including phenoxy) is 1. The van der Waals surface area contributed by atoms with Crippen LogP contribution in [-0.2, 0) is 4.74 Å². The molecule has 0 saturated heterocycles. The fraction of sp³-hybridized carbons (Fsp3) is 0.154. The van der Waals surface area contributed by atoms with Crippen LogP contribution in [0.3, 0.4) is 0 Å². The summed E-state index contributed by atoms with van der Waals surface area (Å²) >= 11 is 6.97. The second kappa shape index (κ2) is 6.49. The van der Waals surface area contributed by atoms with Crippen molar-refractivity contribution in [2.45, 2.75) is 6.92 Å². The van der Waals surface area contributed by atoms with E-state index in [2.05, 4.69) is 10.3 Å². The highest BCUT2D eigenvalue weighted by atomic mass is 35.5. The molecule has 7 heteroatoms. The molecule has 1 aromatic heterocycles. The maximum atomic E-state index is 12.0. The fourth-order valence-corrected chi connectivity index (χ4v) is 2.29. The van der Waals surface area contributed by atoms with Crippen molar-refractivity contribution in [1.29, 1.82) is 0 Å². The van der Waals surface area contributed by atoms with Crippen LogP contribution < -0.4 is 5.32 Å².